The lowest BCUT2D eigenvalue weighted by Crippen LogP contribution is -2.32. The fourth-order valence-electron chi connectivity index (χ4n) is 2.49. The molecule has 2 atom stereocenters. The molecule has 0 spiro atoms. The lowest BCUT2D eigenvalue weighted by atomic mass is 9.81. The molecule has 0 radical (unpaired) electrons. The van der Waals surface area contributed by atoms with Crippen molar-refractivity contribution in [2.75, 3.05) is 13.2 Å². The Kier molecular flexibility index (Phi) is 8.16. The van der Waals surface area contributed by atoms with E-state index >= 15 is 0 Å². The summed E-state index contributed by atoms with van der Waals surface area (Å²) in [5, 5.41) is 28.5. The third-order valence-corrected chi connectivity index (χ3v) is 3.03. The summed E-state index contributed by atoms with van der Waals surface area (Å²) in [6.45, 7) is 9.87. The first kappa shape index (κ1) is 17.4. The Morgan fingerprint density at radius 1 is 1.28 bits per heavy atom. The van der Waals surface area contributed by atoms with E-state index in [1.165, 1.54) is 0 Å². The van der Waals surface area contributed by atoms with Crippen molar-refractivity contribution in [2.45, 2.75) is 52.1 Å². The minimum Gasteiger partial charge on any atom is -0.396 e. The van der Waals surface area contributed by atoms with E-state index in [1.54, 1.807) is 6.08 Å². The second-order valence-electron chi connectivity index (χ2n) is 5.59. The molecule has 0 aliphatic rings. The lowest BCUT2D eigenvalue weighted by molar-refractivity contribution is 0.0151. The molecule has 0 aliphatic carbocycles. The van der Waals surface area contributed by atoms with Crippen LogP contribution in [0.3, 0.4) is 0 Å². The van der Waals surface area contributed by atoms with Gasteiger partial charge in [-0.2, -0.15) is 0 Å². The van der Waals surface area contributed by atoms with Crippen LogP contribution in [-0.4, -0.2) is 34.1 Å². The summed E-state index contributed by atoms with van der Waals surface area (Å²) in [7, 11) is 0. The molecule has 0 aromatic heterocycles. The zero-order valence-electron chi connectivity index (χ0n) is 11.9. The molecule has 0 rings (SSSR count). The van der Waals surface area contributed by atoms with Gasteiger partial charge in [0.15, 0.2) is 0 Å². The van der Waals surface area contributed by atoms with Crippen molar-refractivity contribution >= 4 is 0 Å². The highest BCUT2D eigenvalue weighted by atomic mass is 16.3. The van der Waals surface area contributed by atoms with E-state index in [1.807, 2.05) is 20.8 Å². The zero-order chi connectivity index (χ0) is 14.2. The van der Waals surface area contributed by atoms with Gasteiger partial charge in [0.05, 0.1) is 12.2 Å². The predicted molar refractivity (Wildman–Crippen MR) is 75.3 cm³/mol. The summed E-state index contributed by atoms with van der Waals surface area (Å²) in [4.78, 5) is 0. The van der Waals surface area contributed by atoms with Gasteiger partial charge in [-0.15, -0.1) is 6.58 Å². The monoisotopic (exact) mass is 256 g/mol. The van der Waals surface area contributed by atoms with E-state index in [2.05, 4.69) is 6.58 Å². The highest BCUT2D eigenvalue weighted by Crippen LogP contribution is 2.31. The van der Waals surface area contributed by atoms with Crippen molar-refractivity contribution in [3.05, 3.63) is 23.8 Å². The van der Waals surface area contributed by atoms with Gasteiger partial charge >= 0.3 is 0 Å². The van der Waals surface area contributed by atoms with Crippen molar-refractivity contribution in [1.82, 2.24) is 0 Å². The van der Waals surface area contributed by atoms with Crippen LogP contribution in [0.25, 0.3) is 0 Å². The number of hydrogen-bond donors (Lipinski definition) is 3. The summed E-state index contributed by atoms with van der Waals surface area (Å²) in [5.74, 6) is 0.265. The summed E-state index contributed by atoms with van der Waals surface area (Å²) >= 11 is 0. The molecule has 2 unspecified atom stereocenters. The van der Waals surface area contributed by atoms with E-state index in [9.17, 15) is 5.11 Å². The molecule has 0 aromatic rings. The Morgan fingerprint density at radius 2 is 1.89 bits per heavy atom. The summed E-state index contributed by atoms with van der Waals surface area (Å²) in [6, 6.07) is 0. The van der Waals surface area contributed by atoms with Gasteiger partial charge in [0.2, 0.25) is 0 Å². The molecule has 0 aliphatic heterocycles. The molecule has 3 heteroatoms. The van der Waals surface area contributed by atoms with Crippen LogP contribution in [0.4, 0.5) is 0 Å². The highest BCUT2D eigenvalue weighted by molar-refractivity contribution is 5.08. The molecule has 0 amide bonds. The molecule has 0 saturated carbocycles. The van der Waals surface area contributed by atoms with Gasteiger partial charge in [-0.1, -0.05) is 24.1 Å². The topological polar surface area (TPSA) is 60.7 Å². The van der Waals surface area contributed by atoms with Crippen LogP contribution in [0.1, 0.15) is 46.5 Å². The molecule has 18 heavy (non-hydrogen) atoms. The minimum absolute atomic E-state index is 0.00117. The van der Waals surface area contributed by atoms with Crippen molar-refractivity contribution in [3.8, 4) is 0 Å². The van der Waals surface area contributed by atoms with Gasteiger partial charge in [-0.25, -0.2) is 0 Å². The molecule has 0 heterocycles. The first-order valence-electron chi connectivity index (χ1n) is 6.57. The Bertz CT molecular complexity index is 283. The molecular weight excluding hydrogens is 228 g/mol. The fraction of sp³-hybridized carbons (Fsp3) is 0.733. The zero-order valence-corrected chi connectivity index (χ0v) is 11.9. The van der Waals surface area contributed by atoms with Gasteiger partial charge in [0.1, 0.15) is 0 Å². The quantitative estimate of drug-likeness (QED) is 0.555. The first-order valence-corrected chi connectivity index (χ1v) is 6.57. The maximum atomic E-state index is 10.7. The van der Waals surface area contributed by atoms with Crippen LogP contribution in [0.2, 0.25) is 0 Å². The highest BCUT2D eigenvalue weighted by Gasteiger charge is 2.29. The summed E-state index contributed by atoms with van der Waals surface area (Å²) in [6.07, 6.45) is 4.15. The van der Waals surface area contributed by atoms with Crippen LogP contribution < -0.4 is 0 Å². The van der Waals surface area contributed by atoms with Crippen LogP contribution in [-0.2, 0) is 0 Å². The third kappa shape index (κ3) is 7.64. The van der Waals surface area contributed by atoms with E-state index in [-0.39, 0.29) is 19.1 Å². The van der Waals surface area contributed by atoms with Gasteiger partial charge in [-0.05, 0) is 45.4 Å². The second kappa shape index (κ2) is 8.46. The van der Waals surface area contributed by atoms with Crippen molar-refractivity contribution in [1.29, 1.82) is 0 Å². The largest absolute Gasteiger partial charge is 0.396 e. The Hall–Kier alpha value is -0.640. The van der Waals surface area contributed by atoms with Gasteiger partial charge in [0.25, 0.3) is 0 Å². The molecule has 3 N–H and O–H groups in total. The smallest absolute Gasteiger partial charge is 0.0723 e. The molecule has 0 bridgehead atoms. The molecule has 3 nitrogen and oxygen atoms in total. The molecule has 0 saturated heterocycles. The Balaban J connectivity index is 4.71. The average molecular weight is 256 g/mol. The first-order chi connectivity index (χ1) is 8.33. The SMILES string of the molecule is C=C(C)CC(O)(CC(C)=CCO)CC(C)CCO. The van der Waals surface area contributed by atoms with Crippen LogP contribution in [0.5, 0.6) is 0 Å². The van der Waals surface area contributed by atoms with Crippen molar-refractivity contribution < 1.29 is 15.3 Å². The molecule has 0 fully saturated rings. The van der Waals surface area contributed by atoms with Crippen molar-refractivity contribution in [3.63, 3.8) is 0 Å². The number of aliphatic hydroxyl groups excluding tert-OH is 2. The number of rotatable bonds is 9. The maximum Gasteiger partial charge on any atom is 0.0723 e. The third-order valence-electron chi connectivity index (χ3n) is 3.03. The van der Waals surface area contributed by atoms with E-state index in [0.29, 0.717) is 25.7 Å². The van der Waals surface area contributed by atoms with Gasteiger partial charge in [0, 0.05) is 6.61 Å². The Labute approximate surface area is 111 Å². The predicted octanol–water partition coefficient (Wildman–Crippen LogP) is 2.42. The number of aliphatic hydroxyl groups is 3. The van der Waals surface area contributed by atoms with Crippen molar-refractivity contribution in [2.24, 2.45) is 5.92 Å². The molecule has 106 valence electrons. The van der Waals surface area contributed by atoms with Crippen LogP contribution >= 0.6 is 0 Å². The van der Waals surface area contributed by atoms with Gasteiger partial charge in [-0.3, -0.25) is 0 Å². The normalized spacial score (nSPS) is 17.3. The van der Waals surface area contributed by atoms with Crippen LogP contribution in [0, 0.1) is 5.92 Å². The minimum atomic E-state index is -0.823. The fourth-order valence-corrected chi connectivity index (χ4v) is 2.49. The molecule has 0 aromatic carbocycles. The summed E-state index contributed by atoms with van der Waals surface area (Å²) < 4.78 is 0. The Morgan fingerprint density at radius 3 is 2.33 bits per heavy atom. The maximum absolute atomic E-state index is 10.7. The summed E-state index contributed by atoms with van der Waals surface area (Å²) in [5.41, 5.74) is 1.11. The second-order valence-corrected chi connectivity index (χ2v) is 5.59. The number of hydrogen-bond acceptors (Lipinski definition) is 3. The van der Waals surface area contributed by atoms with E-state index < -0.39 is 5.60 Å². The standard InChI is InChI=1S/C15H28O3/c1-12(2)9-15(18,10-13(3)5-7-16)11-14(4)6-8-17/h5,14,16-18H,1,6-11H2,2-4H3. The molecular formula is C15H28O3. The van der Waals surface area contributed by atoms with Gasteiger partial charge < -0.3 is 15.3 Å². The van der Waals surface area contributed by atoms with E-state index in [4.69, 9.17) is 10.2 Å². The average Bonchev–Trinajstić information content (AvgIpc) is 2.14. The van der Waals surface area contributed by atoms with Crippen LogP contribution in [0.15, 0.2) is 23.8 Å². The van der Waals surface area contributed by atoms with E-state index in [0.717, 1.165) is 11.1 Å². The lowest BCUT2D eigenvalue weighted by Gasteiger charge is -2.31.